The zero-order valence-corrected chi connectivity index (χ0v) is 40.1. The van der Waals surface area contributed by atoms with Crippen LogP contribution in [-0.4, -0.2) is 114 Å². The fraction of sp³-hybridized carbons (Fsp3) is 0.480. The molecule has 3 aromatic carbocycles. The Morgan fingerprint density at radius 1 is 0.944 bits per heavy atom. The number of fused-ring (bicyclic) bond motifs is 5. The molecule has 14 nitrogen and oxygen atoms in total. The number of carbonyl (C=O) groups is 1. The maximum Gasteiger partial charge on any atom is 0.417 e. The van der Waals surface area contributed by atoms with Crippen LogP contribution >= 0.6 is 0 Å². The van der Waals surface area contributed by atoms with E-state index in [0.717, 1.165) is 13.0 Å². The van der Waals surface area contributed by atoms with Crippen LogP contribution in [0.3, 0.4) is 0 Å². The Hall–Kier alpha value is -6.35. The largest absolute Gasteiger partial charge is 0.497 e. The number of rotatable bonds is 13. The number of aliphatic hydroxyl groups is 1. The molecular formula is C50H54F7N7O7. The van der Waals surface area contributed by atoms with E-state index in [1.165, 1.54) is 24.0 Å². The van der Waals surface area contributed by atoms with Crippen LogP contribution in [0.5, 0.6) is 17.4 Å². The van der Waals surface area contributed by atoms with Crippen molar-refractivity contribution in [3.8, 4) is 28.6 Å². The molecule has 3 saturated heterocycles. The summed E-state index contributed by atoms with van der Waals surface area (Å²) in [4.78, 5) is 34.3. The molecular weight excluding hydrogens is 944 g/mol. The number of ether oxygens (including phenoxy) is 5. The fourth-order valence-corrected chi connectivity index (χ4v) is 10.4. The monoisotopic (exact) mass is 997 g/mol. The van der Waals surface area contributed by atoms with Gasteiger partial charge in [-0.3, -0.25) is 4.90 Å². The topological polar surface area (TPSA) is 135 Å². The molecule has 2 bridgehead atoms. The van der Waals surface area contributed by atoms with Crippen molar-refractivity contribution >= 4 is 34.4 Å². The molecule has 1 unspecified atom stereocenters. The molecule has 3 fully saturated rings. The van der Waals surface area contributed by atoms with E-state index in [1.54, 1.807) is 81.1 Å². The van der Waals surface area contributed by atoms with Gasteiger partial charge in [0.25, 0.3) is 0 Å². The van der Waals surface area contributed by atoms with Crippen molar-refractivity contribution in [2.45, 2.75) is 115 Å². The smallest absolute Gasteiger partial charge is 0.417 e. The predicted octanol–water partition coefficient (Wildman–Crippen LogP) is 9.44. The number of piperazine rings is 1. The highest BCUT2D eigenvalue weighted by Gasteiger charge is 2.55. The molecule has 5 aromatic rings. The lowest BCUT2D eigenvalue weighted by Crippen LogP contribution is -2.66. The molecule has 4 aliphatic rings. The van der Waals surface area contributed by atoms with Crippen LogP contribution in [0.2, 0.25) is 0 Å². The van der Waals surface area contributed by atoms with E-state index in [0.29, 0.717) is 35.5 Å². The molecule has 0 saturated carbocycles. The molecule has 1 N–H and O–H groups in total. The highest BCUT2D eigenvalue weighted by Crippen LogP contribution is 2.50. The van der Waals surface area contributed by atoms with Gasteiger partial charge in [-0.2, -0.15) is 26.9 Å². The van der Waals surface area contributed by atoms with Gasteiger partial charge in [0.15, 0.2) is 5.82 Å². The normalized spacial score (nSPS) is 21.7. The first-order chi connectivity index (χ1) is 33.6. The van der Waals surface area contributed by atoms with Gasteiger partial charge in [0.05, 0.1) is 62.3 Å². The van der Waals surface area contributed by atoms with E-state index in [9.17, 15) is 18.7 Å². The summed E-state index contributed by atoms with van der Waals surface area (Å²) in [7, 11) is 2.99. The van der Waals surface area contributed by atoms with Crippen molar-refractivity contribution < 1.29 is 64.3 Å². The van der Waals surface area contributed by atoms with Gasteiger partial charge in [0.1, 0.15) is 51.4 Å². The number of hydrogen-bond acceptors (Lipinski definition) is 13. The van der Waals surface area contributed by atoms with E-state index in [1.807, 2.05) is 4.90 Å². The molecule has 6 heterocycles. The first-order valence-corrected chi connectivity index (χ1v) is 23.2. The lowest BCUT2D eigenvalue weighted by atomic mass is 9.86. The lowest BCUT2D eigenvalue weighted by Gasteiger charge is -2.52. The predicted molar refractivity (Wildman–Crippen MR) is 248 cm³/mol. The number of alkyl halides is 5. The molecule has 9 rings (SSSR count). The van der Waals surface area contributed by atoms with E-state index in [-0.39, 0.29) is 61.3 Å². The van der Waals surface area contributed by atoms with Crippen molar-refractivity contribution in [1.82, 2.24) is 19.9 Å². The SMILES string of the molecule is COc1ccc(CN(Cc2ccc(OC)cc2)c2cc(-c3nc4c5c(nc(N6CCC6(CO)COC(F)F)nc5c3F)N3C[C@H]5CC[C@@H]([C@H]3[C@H](C)O4)N5C(=O)OC(C)(C)C)c(C(F)(F)F)c(C)c2F)cc1. The maximum atomic E-state index is 18.1. The van der Waals surface area contributed by atoms with Gasteiger partial charge in [0, 0.05) is 31.7 Å². The van der Waals surface area contributed by atoms with Gasteiger partial charge in [0.2, 0.25) is 11.8 Å². The van der Waals surface area contributed by atoms with Crippen LogP contribution in [0.4, 0.5) is 53.0 Å². The first-order valence-electron chi connectivity index (χ1n) is 23.2. The Balaban J connectivity index is 1.26. The number of nitrogens with zero attached hydrogens (tertiary/aromatic N) is 7. The summed E-state index contributed by atoms with van der Waals surface area (Å²) >= 11 is 0. The zero-order valence-electron chi connectivity index (χ0n) is 40.1. The molecule has 4 aliphatic heterocycles. The van der Waals surface area contributed by atoms with Crippen LogP contribution in [0.1, 0.15) is 69.2 Å². The minimum atomic E-state index is -5.25. The summed E-state index contributed by atoms with van der Waals surface area (Å²) in [6, 6.07) is 13.0. The summed E-state index contributed by atoms with van der Waals surface area (Å²) in [5, 5.41) is 10.6. The number of pyridine rings is 1. The quantitative estimate of drug-likeness (QED) is 0.112. The average Bonchev–Trinajstić information content (AvgIpc) is 3.56. The minimum absolute atomic E-state index is 0.0198. The Labute approximate surface area is 405 Å². The molecule has 5 atom stereocenters. The minimum Gasteiger partial charge on any atom is -0.497 e. The number of anilines is 3. The third kappa shape index (κ3) is 9.14. The van der Waals surface area contributed by atoms with Gasteiger partial charge >= 0.3 is 18.9 Å². The van der Waals surface area contributed by atoms with Crippen molar-refractivity contribution in [2.24, 2.45) is 0 Å². The van der Waals surface area contributed by atoms with Crippen LogP contribution < -0.4 is 28.9 Å². The van der Waals surface area contributed by atoms with Crippen molar-refractivity contribution in [2.75, 3.05) is 55.2 Å². The second kappa shape index (κ2) is 18.7. The second-order valence-electron chi connectivity index (χ2n) is 19.5. The number of aromatic nitrogens is 3. The van der Waals surface area contributed by atoms with Gasteiger partial charge in [-0.15, -0.1) is 0 Å². The Bertz CT molecular complexity index is 2760. The molecule has 0 radical (unpaired) electrons. The Kier molecular flexibility index (Phi) is 13.1. The molecule has 2 aromatic heterocycles. The molecule has 380 valence electrons. The lowest BCUT2D eigenvalue weighted by molar-refractivity contribution is -0.150. The van der Waals surface area contributed by atoms with Crippen LogP contribution in [0.25, 0.3) is 22.2 Å². The number of carbonyl (C=O) groups excluding carboxylic acids is 1. The molecule has 1 amide bonds. The number of hydrogen-bond donors (Lipinski definition) is 1. The third-order valence-corrected chi connectivity index (χ3v) is 13.9. The van der Waals surface area contributed by atoms with E-state index < -0.39 is 107 Å². The second-order valence-corrected chi connectivity index (χ2v) is 19.5. The van der Waals surface area contributed by atoms with E-state index in [4.69, 9.17) is 23.9 Å². The highest BCUT2D eigenvalue weighted by molar-refractivity contribution is 5.98. The molecule has 21 heteroatoms. The summed E-state index contributed by atoms with van der Waals surface area (Å²) in [6.07, 6.45) is -5.47. The Morgan fingerprint density at radius 2 is 1.58 bits per heavy atom. The first kappa shape index (κ1) is 49.6. The number of halogens is 7. The molecule has 71 heavy (non-hydrogen) atoms. The standard InChI is InChI=1S/C50H54F7N7O7/c1-26-37(50(55,56)57)33(20-35(38(26)51)61(21-28-8-13-31(67-6)14-9-28)22-29-10-15-32(68-7)16-11-29)40-39(52)41-36-43(60-46(59-41)63-19-18-49(63,24-65)25-69-45(53)54)62-23-30-12-17-34(42(62)27(2)70-44(36)58-40)64(30)47(66)71-48(3,4)5/h8-11,13-16,20,27,30,34,42,45,65H,12,17-19,21-25H2,1-7H3/t27-,30+,34-,42+,49?/m0/s1. The van der Waals surface area contributed by atoms with Gasteiger partial charge < -0.3 is 43.5 Å². The summed E-state index contributed by atoms with van der Waals surface area (Å²) in [5.41, 5.74) is -5.84. The van der Waals surface area contributed by atoms with Crippen molar-refractivity contribution in [3.63, 3.8) is 0 Å². The molecule has 0 aliphatic carbocycles. The van der Waals surface area contributed by atoms with E-state index >= 15 is 22.0 Å². The summed E-state index contributed by atoms with van der Waals surface area (Å²) in [6.45, 7) is 3.57. The number of methoxy groups -OCH3 is 2. The van der Waals surface area contributed by atoms with Gasteiger partial charge in [-0.05, 0) is 101 Å². The number of amides is 1. The van der Waals surface area contributed by atoms with E-state index in [2.05, 4.69) is 14.7 Å². The third-order valence-electron chi connectivity index (χ3n) is 13.9. The van der Waals surface area contributed by atoms with Crippen molar-refractivity contribution in [3.05, 3.63) is 88.5 Å². The maximum absolute atomic E-state index is 18.1. The van der Waals surface area contributed by atoms with Gasteiger partial charge in [-0.25, -0.2) is 23.5 Å². The fourth-order valence-electron chi connectivity index (χ4n) is 10.4. The average molecular weight is 998 g/mol. The zero-order chi connectivity index (χ0) is 50.9. The summed E-state index contributed by atoms with van der Waals surface area (Å²) < 4.78 is 137. The van der Waals surface area contributed by atoms with Crippen LogP contribution in [0, 0.1) is 18.6 Å². The molecule has 0 spiro atoms. The van der Waals surface area contributed by atoms with Crippen LogP contribution in [-0.2, 0) is 28.7 Å². The van der Waals surface area contributed by atoms with Crippen LogP contribution in [0.15, 0.2) is 54.6 Å². The Morgan fingerprint density at radius 3 is 2.11 bits per heavy atom. The number of benzene rings is 3. The number of aliphatic hydroxyl groups excluding tert-OH is 1. The van der Waals surface area contributed by atoms with Crippen molar-refractivity contribution in [1.29, 1.82) is 0 Å². The van der Waals surface area contributed by atoms with Gasteiger partial charge in [-0.1, -0.05) is 24.3 Å². The summed E-state index contributed by atoms with van der Waals surface area (Å²) in [5.74, 6) is -1.96. The highest BCUT2D eigenvalue weighted by atomic mass is 19.4.